The average Bonchev–Trinajstić information content (AvgIpc) is 3.32. The van der Waals surface area contributed by atoms with Gasteiger partial charge in [-0.15, -0.1) is 0 Å². The van der Waals surface area contributed by atoms with Crippen molar-refractivity contribution in [3.8, 4) is 11.3 Å². The van der Waals surface area contributed by atoms with Gasteiger partial charge in [0.05, 0.1) is 17.8 Å². The van der Waals surface area contributed by atoms with E-state index in [-0.39, 0.29) is 0 Å². The SMILES string of the molecule is Cc1cc(-c2cc3c(cn2)CNN=C3c2nc3c(N4CCCCC4)nccc3[nH]2)cc(N(C)C)c1. The van der Waals surface area contributed by atoms with Crippen molar-refractivity contribution in [2.45, 2.75) is 32.7 Å². The lowest BCUT2D eigenvalue weighted by molar-refractivity contribution is 0.574. The number of aromatic nitrogens is 4. The maximum Gasteiger partial charge on any atom is 0.159 e. The summed E-state index contributed by atoms with van der Waals surface area (Å²) in [6.45, 7) is 4.82. The van der Waals surface area contributed by atoms with Crippen LogP contribution >= 0.6 is 0 Å². The normalized spacial score (nSPS) is 15.5. The second-order valence-electron chi connectivity index (χ2n) is 9.64. The molecule has 0 saturated carbocycles. The van der Waals surface area contributed by atoms with Crippen molar-refractivity contribution in [2.75, 3.05) is 37.0 Å². The molecule has 35 heavy (non-hydrogen) atoms. The minimum absolute atomic E-state index is 0.643. The molecule has 8 heteroatoms. The maximum absolute atomic E-state index is 5.01. The van der Waals surface area contributed by atoms with Crippen LogP contribution in [0.3, 0.4) is 0 Å². The highest BCUT2D eigenvalue weighted by molar-refractivity contribution is 6.13. The summed E-state index contributed by atoms with van der Waals surface area (Å²) in [6.07, 6.45) is 7.50. The van der Waals surface area contributed by atoms with Gasteiger partial charge in [-0.1, -0.05) is 0 Å². The third kappa shape index (κ3) is 3.99. The van der Waals surface area contributed by atoms with Crippen LogP contribution in [0.25, 0.3) is 22.3 Å². The number of hydrogen-bond donors (Lipinski definition) is 2. The summed E-state index contributed by atoms with van der Waals surface area (Å²) in [5.74, 6) is 1.70. The number of nitrogens with one attached hydrogen (secondary N) is 2. The van der Waals surface area contributed by atoms with Gasteiger partial charge >= 0.3 is 0 Å². The van der Waals surface area contributed by atoms with E-state index in [2.05, 4.69) is 70.6 Å². The Balaban J connectivity index is 1.42. The van der Waals surface area contributed by atoms with Gasteiger partial charge in [-0.3, -0.25) is 4.98 Å². The van der Waals surface area contributed by atoms with Crippen molar-refractivity contribution < 1.29 is 0 Å². The van der Waals surface area contributed by atoms with Crippen molar-refractivity contribution in [3.63, 3.8) is 0 Å². The lowest BCUT2D eigenvalue weighted by Gasteiger charge is -2.27. The maximum atomic E-state index is 5.01. The molecule has 4 aromatic rings. The lowest BCUT2D eigenvalue weighted by Crippen LogP contribution is -2.30. The third-order valence-electron chi connectivity index (χ3n) is 6.84. The largest absolute Gasteiger partial charge is 0.378 e. The Morgan fingerprint density at radius 1 is 1.00 bits per heavy atom. The standard InChI is InChI=1S/C27H30N8/c1-17-11-18(13-20(12-17)34(2)3)23-14-21-19(15-29-23)16-30-33-24(21)26-31-22-7-8-28-27(25(22)32-26)35-9-5-4-6-10-35/h7-8,11-15,30H,4-6,9-10,16H2,1-3H3,(H,31,32). The predicted octanol–water partition coefficient (Wildman–Crippen LogP) is 4.24. The molecular formula is C27H30N8. The highest BCUT2D eigenvalue weighted by Crippen LogP contribution is 2.30. The quantitative estimate of drug-likeness (QED) is 0.468. The second kappa shape index (κ2) is 8.69. The van der Waals surface area contributed by atoms with Gasteiger partial charge in [0.1, 0.15) is 11.2 Å². The number of hydrazone groups is 1. The smallest absolute Gasteiger partial charge is 0.159 e. The van der Waals surface area contributed by atoms with E-state index in [1.165, 1.54) is 24.8 Å². The summed E-state index contributed by atoms with van der Waals surface area (Å²) in [7, 11) is 4.12. The van der Waals surface area contributed by atoms with Crippen molar-refractivity contribution in [1.29, 1.82) is 0 Å². The molecule has 178 valence electrons. The number of aromatic amines is 1. The highest BCUT2D eigenvalue weighted by Gasteiger charge is 2.23. The molecule has 0 radical (unpaired) electrons. The van der Waals surface area contributed by atoms with Crippen LogP contribution in [0.5, 0.6) is 0 Å². The average molecular weight is 467 g/mol. The number of aryl methyl sites for hydroxylation is 1. The zero-order valence-electron chi connectivity index (χ0n) is 20.5. The Morgan fingerprint density at radius 2 is 1.86 bits per heavy atom. The first-order valence-electron chi connectivity index (χ1n) is 12.3. The molecule has 3 aromatic heterocycles. The Bertz CT molecular complexity index is 1430. The summed E-state index contributed by atoms with van der Waals surface area (Å²) >= 11 is 0. The van der Waals surface area contributed by atoms with Crippen molar-refractivity contribution >= 4 is 28.3 Å². The van der Waals surface area contributed by atoms with Crippen LogP contribution in [-0.2, 0) is 6.54 Å². The van der Waals surface area contributed by atoms with E-state index in [1.54, 1.807) is 0 Å². The molecule has 0 aliphatic carbocycles. The van der Waals surface area contributed by atoms with E-state index in [9.17, 15) is 0 Å². The lowest BCUT2D eigenvalue weighted by atomic mass is 9.99. The summed E-state index contributed by atoms with van der Waals surface area (Å²) in [6, 6.07) is 10.7. The Morgan fingerprint density at radius 3 is 2.69 bits per heavy atom. The summed E-state index contributed by atoms with van der Waals surface area (Å²) < 4.78 is 0. The fraction of sp³-hybridized carbons (Fsp3) is 0.333. The molecule has 2 aliphatic heterocycles. The van der Waals surface area contributed by atoms with Crippen molar-refractivity contribution in [2.24, 2.45) is 5.10 Å². The third-order valence-corrected chi connectivity index (χ3v) is 6.84. The molecular weight excluding hydrogens is 436 g/mol. The molecule has 0 amide bonds. The van der Waals surface area contributed by atoms with Crippen LogP contribution in [0.2, 0.25) is 0 Å². The van der Waals surface area contributed by atoms with Gasteiger partial charge in [-0.25, -0.2) is 9.97 Å². The van der Waals surface area contributed by atoms with Gasteiger partial charge in [-0.2, -0.15) is 5.10 Å². The number of fused-ring (bicyclic) bond motifs is 2. The molecule has 6 rings (SSSR count). The number of benzene rings is 1. The monoisotopic (exact) mass is 466 g/mol. The van der Waals surface area contributed by atoms with E-state index in [1.807, 2.05) is 18.5 Å². The summed E-state index contributed by atoms with van der Waals surface area (Å²) in [5, 5.41) is 4.68. The Kier molecular flexibility index (Phi) is 5.36. The first-order chi connectivity index (χ1) is 17.1. The fourth-order valence-corrected chi connectivity index (χ4v) is 4.99. The highest BCUT2D eigenvalue weighted by atomic mass is 15.3. The number of piperidine rings is 1. The van der Waals surface area contributed by atoms with Crippen LogP contribution in [-0.4, -0.2) is 52.8 Å². The first kappa shape index (κ1) is 21.6. The fourth-order valence-electron chi connectivity index (χ4n) is 4.99. The van der Waals surface area contributed by atoms with Crippen LogP contribution in [0.1, 0.15) is 41.8 Å². The predicted molar refractivity (Wildman–Crippen MR) is 141 cm³/mol. The van der Waals surface area contributed by atoms with Gasteiger partial charge < -0.3 is 20.2 Å². The van der Waals surface area contributed by atoms with E-state index in [4.69, 9.17) is 15.0 Å². The summed E-state index contributed by atoms with van der Waals surface area (Å²) in [5.41, 5.74) is 12.4. The van der Waals surface area contributed by atoms with Crippen LogP contribution in [0.4, 0.5) is 11.5 Å². The number of hydrogen-bond acceptors (Lipinski definition) is 7. The van der Waals surface area contributed by atoms with E-state index in [0.29, 0.717) is 6.54 Å². The molecule has 1 saturated heterocycles. The van der Waals surface area contributed by atoms with E-state index in [0.717, 1.165) is 69.5 Å². The molecule has 0 spiro atoms. The Hall–Kier alpha value is -3.94. The molecule has 2 N–H and O–H groups in total. The first-order valence-corrected chi connectivity index (χ1v) is 12.3. The van der Waals surface area contributed by atoms with Crippen molar-refractivity contribution in [1.82, 2.24) is 25.4 Å². The minimum atomic E-state index is 0.643. The molecule has 1 aromatic carbocycles. The molecule has 0 atom stereocenters. The van der Waals surface area contributed by atoms with Gasteiger partial charge in [0.2, 0.25) is 0 Å². The molecule has 1 fully saturated rings. The Labute approximate surface area is 205 Å². The van der Waals surface area contributed by atoms with E-state index < -0.39 is 0 Å². The number of rotatable bonds is 4. The number of H-pyrrole nitrogens is 1. The molecule has 2 aliphatic rings. The van der Waals surface area contributed by atoms with Gasteiger partial charge in [0.15, 0.2) is 11.6 Å². The van der Waals surface area contributed by atoms with Crippen LogP contribution in [0.15, 0.2) is 47.8 Å². The number of anilines is 2. The zero-order valence-corrected chi connectivity index (χ0v) is 20.5. The second-order valence-corrected chi connectivity index (χ2v) is 9.64. The van der Waals surface area contributed by atoms with Crippen LogP contribution in [0, 0.1) is 6.92 Å². The number of pyridine rings is 2. The minimum Gasteiger partial charge on any atom is -0.378 e. The summed E-state index contributed by atoms with van der Waals surface area (Å²) in [4.78, 5) is 22.5. The van der Waals surface area contributed by atoms with Crippen LogP contribution < -0.4 is 15.2 Å². The zero-order chi connectivity index (χ0) is 23.9. The van der Waals surface area contributed by atoms with E-state index >= 15 is 0 Å². The number of imidazole rings is 1. The molecule has 8 nitrogen and oxygen atoms in total. The molecule has 0 unspecified atom stereocenters. The topological polar surface area (TPSA) is 85.3 Å². The molecule has 5 heterocycles. The van der Waals surface area contributed by atoms with Crippen molar-refractivity contribution in [3.05, 3.63) is 65.2 Å². The van der Waals surface area contributed by atoms with Gasteiger partial charge in [0, 0.05) is 62.0 Å². The van der Waals surface area contributed by atoms with Gasteiger partial charge in [-0.05, 0) is 62.1 Å². The molecule has 0 bridgehead atoms. The van der Waals surface area contributed by atoms with Gasteiger partial charge in [0.25, 0.3) is 0 Å². The number of nitrogens with zero attached hydrogens (tertiary/aromatic N) is 6.